The van der Waals surface area contributed by atoms with Crippen molar-refractivity contribution in [1.29, 1.82) is 0 Å². The summed E-state index contributed by atoms with van der Waals surface area (Å²) in [4.78, 5) is 2.11. The SMILES string of the molecule is CCOCCOc1ccc(S(=O)(=O)NCC(c2ccccc2Cl)N(C)C)cc1. The minimum Gasteiger partial charge on any atom is -0.491 e. The first-order valence-electron chi connectivity index (χ1n) is 9.06. The summed E-state index contributed by atoms with van der Waals surface area (Å²) in [6, 6.07) is 13.6. The highest BCUT2D eigenvalue weighted by atomic mass is 35.5. The summed E-state index contributed by atoms with van der Waals surface area (Å²) in [6.07, 6.45) is 0. The number of likely N-dealkylation sites (N-methyl/N-ethyl adjacent to an activating group) is 1. The van der Waals surface area contributed by atoms with E-state index >= 15 is 0 Å². The van der Waals surface area contributed by atoms with Gasteiger partial charge in [0, 0.05) is 24.2 Å². The van der Waals surface area contributed by atoms with Crippen molar-refractivity contribution >= 4 is 21.6 Å². The maximum atomic E-state index is 12.7. The average Bonchev–Trinajstić information content (AvgIpc) is 2.67. The molecule has 0 aromatic heterocycles. The number of nitrogens with zero attached hydrogens (tertiary/aromatic N) is 1. The molecular formula is C20H27ClN2O4S. The summed E-state index contributed by atoms with van der Waals surface area (Å²) < 4.78 is 38.7. The first-order chi connectivity index (χ1) is 13.3. The molecule has 6 nitrogen and oxygen atoms in total. The molecule has 28 heavy (non-hydrogen) atoms. The number of nitrogens with one attached hydrogen (secondary N) is 1. The van der Waals surface area contributed by atoms with Gasteiger partial charge < -0.3 is 14.4 Å². The minimum atomic E-state index is -3.66. The van der Waals surface area contributed by atoms with Gasteiger partial charge in [0.2, 0.25) is 10.0 Å². The number of rotatable bonds is 11. The zero-order chi connectivity index (χ0) is 20.6. The second-order valence-electron chi connectivity index (χ2n) is 6.37. The third-order valence-electron chi connectivity index (χ3n) is 4.19. The van der Waals surface area contributed by atoms with Crippen molar-refractivity contribution in [2.45, 2.75) is 17.9 Å². The molecule has 2 rings (SSSR count). The normalized spacial score (nSPS) is 12.9. The first-order valence-corrected chi connectivity index (χ1v) is 10.9. The van der Waals surface area contributed by atoms with Gasteiger partial charge in [-0.1, -0.05) is 29.8 Å². The largest absolute Gasteiger partial charge is 0.491 e. The molecule has 0 aliphatic rings. The van der Waals surface area contributed by atoms with E-state index in [2.05, 4.69) is 4.72 Å². The van der Waals surface area contributed by atoms with Crippen molar-refractivity contribution in [3.8, 4) is 5.75 Å². The summed E-state index contributed by atoms with van der Waals surface area (Å²) in [6.45, 7) is 3.66. The highest BCUT2D eigenvalue weighted by Gasteiger charge is 2.21. The predicted octanol–water partition coefficient (Wildman–Crippen LogP) is 3.34. The summed E-state index contributed by atoms with van der Waals surface area (Å²) >= 11 is 6.28. The van der Waals surface area contributed by atoms with E-state index in [1.54, 1.807) is 18.2 Å². The predicted molar refractivity (Wildman–Crippen MR) is 111 cm³/mol. The van der Waals surface area contributed by atoms with Gasteiger partial charge in [-0.25, -0.2) is 13.1 Å². The zero-order valence-electron chi connectivity index (χ0n) is 16.4. The maximum absolute atomic E-state index is 12.7. The van der Waals surface area contributed by atoms with Gasteiger partial charge >= 0.3 is 0 Å². The Bertz CT molecular complexity index is 842. The highest BCUT2D eigenvalue weighted by molar-refractivity contribution is 7.89. The van der Waals surface area contributed by atoms with E-state index in [1.165, 1.54) is 12.1 Å². The molecule has 0 fully saturated rings. The van der Waals surface area contributed by atoms with Crippen LogP contribution in [-0.4, -0.2) is 53.8 Å². The van der Waals surface area contributed by atoms with Crippen molar-refractivity contribution in [3.63, 3.8) is 0 Å². The molecule has 0 saturated heterocycles. The van der Waals surface area contributed by atoms with Gasteiger partial charge in [0.15, 0.2) is 0 Å². The van der Waals surface area contributed by atoms with E-state index in [9.17, 15) is 8.42 Å². The van der Waals surface area contributed by atoms with Gasteiger partial charge in [0.05, 0.1) is 11.5 Å². The quantitative estimate of drug-likeness (QED) is 0.558. The van der Waals surface area contributed by atoms with Gasteiger partial charge in [-0.2, -0.15) is 0 Å². The molecule has 0 aliphatic carbocycles. The van der Waals surface area contributed by atoms with Crippen molar-refractivity contribution in [2.75, 3.05) is 40.5 Å². The lowest BCUT2D eigenvalue weighted by atomic mass is 10.1. The molecule has 8 heteroatoms. The molecule has 2 aromatic rings. The van der Waals surface area contributed by atoms with Crippen LogP contribution in [0.5, 0.6) is 5.75 Å². The van der Waals surface area contributed by atoms with E-state index in [4.69, 9.17) is 21.1 Å². The van der Waals surface area contributed by atoms with E-state index in [-0.39, 0.29) is 17.5 Å². The Kier molecular flexibility index (Phi) is 8.72. The van der Waals surface area contributed by atoms with Crippen LogP contribution in [0.4, 0.5) is 0 Å². The van der Waals surface area contributed by atoms with Crippen LogP contribution in [-0.2, 0) is 14.8 Å². The Balaban J connectivity index is 2.03. The maximum Gasteiger partial charge on any atom is 0.240 e. The molecular weight excluding hydrogens is 400 g/mol. The Morgan fingerprint density at radius 2 is 1.75 bits per heavy atom. The van der Waals surface area contributed by atoms with Crippen molar-refractivity contribution < 1.29 is 17.9 Å². The number of hydrogen-bond acceptors (Lipinski definition) is 5. The molecule has 2 aromatic carbocycles. The summed E-state index contributed by atoms with van der Waals surface area (Å²) in [5.74, 6) is 0.598. The molecule has 0 amide bonds. The topological polar surface area (TPSA) is 67.9 Å². The van der Waals surface area contributed by atoms with Crippen LogP contribution in [0.3, 0.4) is 0 Å². The third-order valence-corrected chi connectivity index (χ3v) is 5.97. The lowest BCUT2D eigenvalue weighted by molar-refractivity contribution is 0.110. The number of halogens is 1. The van der Waals surface area contributed by atoms with E-state index in [0.29, 0.717) is 30.6 Å². The van der Waals surface area contributed by atoms with Crippen LogP contribution in [0, 0.1) is 0 Å². The van der Waals surface area contributed by atoms with Gasteiger partial charge in [0.25, 0.3) is 0 Å². The fraction of sp³-hybridized carbons (Fsp3) is 0.400. The molecule has 1 atom stereocenters. The fourth-order valence-corrected chi connectivity index (χ4v) is 3.97. The molecule has 0 aliphatic heterocycles. The highest BCUT2D eigenvalue weighted by Crippen LogP contribution is 2.26. The molecule has 0 bridgehead atoms. The molecule has 1 unspecified atom stereocenters. The van der Waals surface area contributed by atoms with E-state index in [0.717, 1.165) is 5.56 Å². The molecule has 0 radical (unpaired) electrons. The van der Waals surface area contributed by atoms with Crippen LogP contribution >= 0.6 is 11.6 Å². The zero-order valence-corrected chi connectivity index (χ0v) is 18.0. The lowest BCUT2D eigenvalue weighted by Crippen LogP contribution is -2.34. The molecule has 0 heterocycles. The second-order valence-corrected chi connectivity index (χ2v) is 8.54. The number of ether oxygens (including phenoxy) is 2. The monoisotopic (exact) mass is 426 g/mol. The van der Waals surface area contributed by atoms with Crippen LogP contribution < -0.4 is 9.46 Å². The summed E-state index contributed by atoms with van der Waals surface area (Å²) in [5.41, 5.74) is 0.870. The van der Waals surface area contributed by atoms with E-state index in [1.807, 2.05) is 44.1 Å². The summed E-state index contributed by atoms with van der Waals surface area (Å²) in [7, 11) is 0.116. The molecule has 0 saturated carbocycles. The van der Waals surface area contributed by atoms with Crippen LogP contribution in [0.1, 0.15) is 18.5 Å². The number of sulfonamides is 1. The molecule has 0 spiro atoms. The third kappa shape index (κ3) is 6.46. The van der Waals surface area contributed by atoms with Crippen molar-refractivity contribution in [1.82, 2.24) is 9.62 Å². The Morgan fingerprint density at radius 3 is 2.36 bits per heavy atom. The first kappa shape index (κ1) is 22.6. The van der Waals surface area contributed by atoms with Gasteiger partial charge in [0.1, 0.15) is 12.4 Å². The van der Waals surface area contributed by atoms with Gasteiger partial charge in [-0.3, -0.25) is 0 Å². The Labute approximate surface area is 172 Å². The summed E-state index contributed by atoms with van der Waals surface area (Å²) in [5, 5.41) is 0.606. The minimum absolute atomic E-state index is 0.182. The molecule has 1 N–H and O–H groups in total. The van der Waals surface area contributed by atoms with Gasteiger partial charge in [-0.15, -0.1) is 0 Å². The van der Waals surface area contributed by atoms with E-state index < -0.39 is 10.0 Å². The Morgan fingerprint density at radius 1 is 1.07 bits per heavy atom. The van der Waals surface area contributed by atoms with Crippen molar-refractivity contribution in [2.24, 2.45) is 0 Å². The van der Waals surface area contributed by atoms with Crippen LogP contribution in [0.2, 0.25) is 5.02 Å². The number of benzene rings is 2. The van der Waals surface area contributed by atoms with Crippen LogP contribution in [0.25, 0.3) is 0 Å². The van der Waals surface area contributed by atoms with Crippen molar-refractivity contribution in [3.05, 3.63) is 59.1 Å². The van der Waals surface area contributed by atoms with Gasteiger partial charge in [-0.05, 0) is 56.9 Å². The average molecular weight is 427 g/mol. The fourth-order valence-electron chi connectivity index (χ4n) is 2.67. The second kappa shape index (κ2) is 10.8. The number of hydrogen-bond donors (Lipinski definition) is 1. The standard InChI is InChI=1S/C20H27ClN2O4S/c1-4-26-13-14-27-16-9-11-17(12-10-16)28(24,25)22-15-20(23(2)3)18-7-5-6-8-19(18)21/h5-12,20,22H,4,13-15H2,1-3H3. The smallest absolute Gasteiger partial charge is 0.240 e. The molecule has 154 valence electrons. The Hall–Kier alpha value is -1.64. The lowest BCUT2D eigenvalue weighted by Gasteiger charge is -2.26. The van der Waals surface area contributed by atoms with Crippen LogP contribution in [0.15, 0.2) is 53.4 Å².